The van der Waals surface area contributed by atoms with E-state index in [1.807, 2.05) is 25.1 Å². The maximum Gasteiger partial charge on any atom is 0.261 e. The van der Waals surface area contributed by atoms with Gasteiger partial charge in [-0.1, -0.05) is 49.7 Å². The van der Waals surface area contributed by atoms with Crippen molar-refractivity contribution in [3.8, 4) is 0 Å². The molecule has 31 heavy (non-hydrogen) atoms. The third kappa shape index (κ3) is 5.14. The van der Waals surface area contributed by atoms with Crippen LogP contribution in [0.2, 0.25) is 0 Å². The highest BCUT2D eigenvalue weighted by atomic mass is 32.2. The molecular formula is C25H28N2O3S. The third-order valence-electron chi connectivity index (χ3n) is 5.30. The minimum atomic E-state index is -3.70. The zero-order valence-corrected chi connectivity index (χ0v) is 19.1. The Morgan fingerprint density at radius 1 is 0.871 bits per heavy atom. The van der Waals surface area contributed by atoms with Gasteiger partial charge >= 0.3 is 0 Å². The van der Waals surface area contributed by atoms with E-state index in [0.717, 1.165) is 35.2 Å². The molecule has 0 aromatic heterocycles. The molecule has 0 aliphatic carbocycles. The van der Waals surface area contributed by atoms with E-state index in [1.54, 1.807) is 49.4 Å². The molecule has 6 heteroatoms. The van der Waals surface area contributed by atoms with Crippen molar-refractivity contribution in [2.24, 2.45) is 0 Å². The second-order valence-corrected chi connectivity index (χ2v) is 9.24. The third-order valence-corrected chi connectivity index (χ3v) is 6.68. The number of carbonyl (C=O) groups is 1. The summed E-state index contributed by atoms with van der Waals surface area (Å²) in [6, 6.07) is 17.7. The maximum atomic E-state index is 12.9. The first-order valence-electron chi connectivity index (χ1n) is 10.4. The Bertz CT molecular complexity index is 1180. The summed E-state index contributed by atoms with van der Waals surface area (Å²) in [5, 5.41) is 3.05. The molecule has 1 amide bonds. The topological polar surface area (TPSA) is 75.3 Å². The fourth-order valence-corrected chi connectivity index (χ4v) is 4.56. The van der Waals surface area contributed by atoms with Crippen molar-refractivity contribution in [2.45, 2.75) is 45.4 Å². The van der Waals surface area contributed by atoms with Crippen molar-refractivity contribution >= 4 is 27.3 Å². The number of benzene rings is 3. The van der Waals surface area contributed by atoms with Crippen LogP contribution in [0.5, 0.6) is 0 Å². The fourth-order valence-electron chi connectivity index (χ4n) is 3.43. The summed E-state index contributed by atoms with van der Waals surface area (Å²) < 4.78 is 28.0. The van der Waals surface area contributed by atoms with Gasteiger partial charge in [0.05, 0.1) is 10.6 Å². The fraction of sp³-hybridized carbons (Fsp3) is 0.240. The number of para-hydroxylation sites is 1. The van der Waals surface area contributed by atoms with Gasteiger partial charge in [-0.2, -0.15) is 0 Å². The Morgan fingerprint density at radius 3 is 2.03 bits per heavy atom. The minimum absolute atomic E-state index is 0.197. The summed E-state index contributed by atoms with van der Waals surface area (Å²) in [6.45, 7) is 7.80. The van der Waals surface area contributed by atoms with Crippen molar-refractivity contribution in [3.05, 3.63) is 88.5 Å². The molecule has 0 unspecified atom stereocenters. The highest BCUT2D eigenvalue weighted by Gasteiger charge is 2.17. The summed E-state index contributed by atoms with van der Waals surface area (Å²) in [5.74, 6) is -0.216. The van der Waals surface area contributed by atoms with Crippen molar-refractivity contribution in [3.63, 3.8) is 0 Å². The van der Waals surface area contributed by atoms with Gasteiger partial charge in [-0.25, -0.2) is 8.42 Å². The first-order chi connectivity index (χ1) is 14.7. The first-order valence-corrected chi connectivity index (χ1v) is 11.9. The number of rotatable bonds is 7. The molecule has 0 bridgehead atoms. The van der Waals surface area contributed by atoms with E-state index in [0.29, 0.717) is 16.8 Å². The number of hydrogen-bond acceptors (Lipinski definition) is 3. The molecule has 0 saturated heterocycles. The van der Waals surface area contributed by atoms with E-state index in [2.05, 4.69) is 23.9 Å². The van der Waals surface area contributed by atoms with Crippen LogP contribution < -0.4 is 10.0 Å². The highest BCUT2D eigenvalue weighted by Crippen LogP contribution is 2.25. The van der Waals surface area contributed by atoms with Gasteiger partial charge in [0.2, 0.25) is 0 Å². The van der Waals surface area contributed by atoms with Gasteiger partial charge in [-0.15, -0.1) is 0 Å². The summed E-state index contributed by atoms with van der Waals surface area (Å²) in [5.41, 5.74) is 5.62. The molecule has 0 atom stereocenters. The predicted octanol–water partition coefficient (Wildman–Crippen LogP) is 5.48. The predicted molar refractivity (Wildman–Crippen MR) is 126 cm³/mol. The normalized spacial score (nSPS) is 11.2. The van der Waals surface area contributed by atoms with E-state index in [9.17, 15) is 13.2 Å². The lowest BCUT2D eigenvalue weighted by atomic mass is 10.0. The zero-order chi connectivity index (χ0) is 22.6. The molecule has 0 aliphatic heterocycles. The van der Waals surface area contributed by atoms with Gasteiger partial charge in [-0.05, 0) is 73.7 Å². The van der Waals surface area contributed by atoms with Crippen LogP contribution in [0.1, 0.15) is 46.5 Å². The molecular weight excluding hydrogens is 408 g/mol. The Labute approximate surface area is 184 Å². The molecule has 0 radical (unpaired) electrons. The minimum Gasteiger partial charge on any atom is -0.321 e. The number of anilines is 2. The van der Waals surface area contributed by atoms with Gasteiger partial charge in [0.1, 0.15) is 0 Å². The molecule has 0 heterocycles. The van der Waals surface area contributed by atoms with Crippen molar-refractivity contribution in [2.75, 3.05) is 10.0 Å². The molecule has 3 aromatic carbocycles. The van der Waals surface area contributed by atoms with Crippen molar-refractivity contribution in [1.82, 2.24) is 0 Å². The van der Waals surface area contributed by atoms with Gasteiger partial charge in [0.15, 0.2) is 0 Å². The first kappa shape index (κ1) is 22.6. The van der Waals surface area contributed by atoms with Crippen LogP contribution in [0.4, 0.5) is 11.4 Å². The van der Waals surface area contributed by atoms with Gasteiger partial charge < -0.3 is 5.32 Å². The Balaban J connectivity index is 1.83. The molecule has 3 rings (SSSR count). The maximum absolute atomic E-state index is 12.9. The van der Waals surface area contributed by atoms with Gasteiger partial charge in [0, 0.05) is 11.3 Å². The van der Waals surface area contributed by atoms with Crippen LogP contribution in [0, 0.1) is 13.8 Å². The molecule has 0 aliphatic rings. The molecule has 2 N–H and O–H groups in total. The van der Waals surface area contributed by atoms with Gasteiger partial charge in [0.25, 0.3) is 15.9 Å². The Morgan fingerprint density at radius 2 is 1.48 bits per heavy atom. The number of hydrogen-bond donors (Lipinski definition) is 2. The SMILES string of the molecule is CCc1cccc(CC)c1NC(=O)c1ccc(NS(=O)(=O)c2ccc(C)cc2)c(C)c1. The average Bonchev–Trinajstić information content (AvgIpc) is 2.75. The van der Waals surface area contributed by atoms with Crippen LogP contribution in [-0.4, -0.2) is 14.3 Å². The number of amides is 1. The summed E-state index contributed by atoms with van der Waals surface area (Å²) in [4.78, 5) is 13.1. The monoisotopic (exact) mass is 436 g/mol. The standard InChI is InChI=1S/C25H28N2O3S/c1-5-19-8-7-9-20(6-2)24(19)26-25(28)21-12-15-23(18(4)16-21)27-31(29,30)22-13-10-17(3)11-14-22/h7-16,27H,5-6H2,1-4H3,(H,26,28). The molecule has 162 valence electrons. The number of aryl methyl sites for hydroxylation is 4. The number of carbonyl (C=O) groups excluding carboxylic acids is 1. The Kier molecular flexibility index (Phi) is 6.81. The van der Waals surface area contributed by atoms with E-state index in [4.69, 9.17) is 0 Å². The van der Waals surface area contributed by atoms with E-state index < -0.39 is 10.0 Å². The van der Waals surface area contributed by atoms with E-state index in [1.165, 1.54) is 0 Å². The smallest absolute Gasteiger partial charge is 0.261 e. The largest absolute Gasteiger partial charge is 0.321 e. The van der Waals surface area contributed by atoms with E-state index >= 15 is 0 Å². The van der Waals surface area contributed by atoms with E-state index in [-0.39, 0.29) is 10.8 Å². The average molecular weight is 437 g/mol. The van der Waals surface area contributed by atoms with Crippen LogP contribution >= 0.6 is 0 Å². The molecule has 0 fully saturated rings. The van der Waals surface area contributed by atoms with Crippen molar-refractivity contribution < 1.29 is 13.2 Å². The van der Waals surface area contributed by atoms with Crippen LogP contribution in [0.3, 0.4) is 0 Å². The lowest BCUT2D eigenvalue weighted by Crippen LogP contribution is -2.16. The van der Waals surface area contributed by atoms with Crippen LogP contribution in [-0.2, 0) is 22.9 Å². The van der Waals surface area contributed by atoms with Gasteiger partial charge in [-0.3, -0.25) is 9.52 Å². The lowest BCUT2D eigenvalue weighted by molar-refractivity contribution is 0.102. The van der Waals surface area contributed by atoms with Crippen LogP contribution in [0.25, 0.3) is 0 Å². The summed E-state index contributed by atoms with van der Waals surface area (Å²) in [6.07, 6.45) is 1.64. The lowest BCUT2D eigenvalue weighted by Gasteiger charge is -2.15. The quantitative estimate of drug-likeness (QED) is 0.515. The molecule has 0 saturated carbocycles. The molecule has 0 spiro atoms. The number of sulfonamides is 1. The summed E-state index contributed by atoms with van der Waals surface area (Å²) in [7, 11) is -3.70. The highest BCUT2D eigenvalue weighted by molar-refractivity contribution is 7.92. The number of nitrogens with one attached hydrogen (secondary N) is 2. The zero-order valence-electron chi connectivity index (χ0n) is 18.3. The second kappa shape index (κ2) is 9.35. The molecule has 3 aromatic rings. The van der Waals surface area contributed by atoms with Crippen molar-refractivity contribution in [1.29, 1.82) is 0 Å². The molecule has 5 nitrogen and oxygen atoms in total. The Hall–Kier alpha value is -3.12. The second-order valence-electron chi connectivity index (χ2n) is 7.56. The summed E-state index contributed by atoms with van der Waals surface area (Å²) >= 11 is 0. The van der Waals surface area contributed by atoms with Crippen LogP contribution in [0.15, 0.2) is 65.6 Å².